The topological polar surface area (TPSA) is 38.5 Å². The molecule has 19 heavy (non-hydrogen) atoms. The van der Waals surface area contributed by atoms with E-state index in [1.807, 2.05) is 36.2 Å². The van der Waals surface area contributed by atoms with Crippen molar-refractivity contribution >= 4 is 11.4 Å². The zero-order chi connectivity index (χ0) is 13.8. The van der Waals surface area contributed by atoms with E-state index in [4.69, 9.17) is 10.5 Å². The number of methoxy groups -OCH3 is 1. The van der Waals surface area contributed by atoms with Gasteiger partial charge in [0.1, 0.15) is 11.6 Å². The van der Waals surface area contributed by atoms with Crippen molar-refractivity contribution < 1.29 is 9.13 Å². The van der Waals surface area contributed by atoms with Crippen LogP contribution in [0.4, 0.5) is 15.8 Å². The SMILES string of the molecule is COc1ccc(N)c(CN(C)c2cccc(F)c2)c1. The van der Waals surface area contributed by atoms with Crippen molar-refractivity contribution in [2.24, 2.45) is 0 Å². The van der Waals surface area contributed by atoms with Crippen LogP contribution in [0.25, 0.3) is 0 Å². The van der Waals surface area contributed by atoms with Gasteiger partial charge in [0.15, 0.2) is 0 Å². The van der Waals surface area contributed by atoms with Gasteiger partial charge < -0.3 is 15.4 Å². The minimum atomic E-state index is -0.247. The molecule has 0 fully saturated rings. The Hall–Kier alpha value is -2.23. The summed E-state index contributed by atoms with van der Waals surface area (Å²) >= 11 is 0. The van der Waals surface area contributed by atoms with Crippen molar-refractivity contribution in [1.82, 2.24) is 0 Å². The number of rotatable bonds is 4. The Morgan fingerprint density at radius 2 is 2.00 bits per heavy atom. The fourth-order valence-corrected chi connectivity index (χ4v) is 1.91. The lowest BCUT2D eigenvalue weighted by Crippen LogP contribution is -2.17. The van der Waals surface area contributed by atoms with E-state index in [0.29, 0.717) is 12.2 Å². The largest absolute Gasteiger partial charge is 0.497 e. The molecule has 3 nitrogen and oxygen atoms in total. The van der Waals surface area contributed by atoms with Crippen molar-refractivity contribution in [1.29, 1.82) is 0 Å². The Balaban J connectivity index is 2.21. The molecule has 2 aromatic rings. The van der Waals surface area contributed by atoms with E-state index < -0.39 is 0 Å². The summed E-state index contributed by atoms with van der Waals surface area (Å²) < 4.78 is 18.4. The normalized spacial score (nSPS) is 10.3. The van der Waals surface area contributed by atoms with Crippen LogP contribution in [-0.2, 0) is 6.54 Å². The molecular weight excluding hydrogens is 243 g/mol. The highest BCUT2D eigenvalue weighted by Crippen LogP contribution is 2.23. The van der Waals surface area contributed by atoms with Crippen LogP contribution in [0.15, 0.2) is 42.5 Å². The molecule has 100 valence electrons. The summed E-state index contributed by atoms with van der Waals surface area (Å²) in [7, 11) is 3.51. The average molecular weight is 260 g/mol. The highest BCUT2D eigenvalue weighted by atomic mass is 19.1. The molecule has 2 N–H and O–H groups in total. The summed E-state index contributed by atoms with van der Waals surface area (Å²) in [6.07, 6.45) is 0. The summed E-state index contributed by atoms with van der Waals surface area (Å²) in [6, 6.07) is 12.0. The van der Waals surface area contributed by atoms with Gasteiger partial charge in [0.25, 0.3) is 0 Å². The van der Waals surface area contributed by atoms with Gasteiger partial charge in [-0.3, -0.25) is 0 Å². The lowest BCUT2D eigenvalue weighted by molar-refractivity contribution is 0.414. The Labute approximate surface area is 112 Å². The van der Waals surface area contributed by atoms with Crippen LogP contribution < -0.4 is 15.4 Å². The van der Waals surface area contributed by atoms with Gasteiger partial charge in [-0.1, -0.05) is 6.07 Å². The third-order valence-electron chi connectivity index (χ3n) is 3.01. The maximum Gasteiger partial charge on any atom is 0.125 e. The molecule has 0 spiro atoms. The Morgan fingerprint density at radius 1 is 1.21 bits per heavy atom. The number of nitrogens with two attached hydrogens (primary N) is 1. The van der Waals surface area contributed by atoms with E-state index >= 15 is 0 Å². The molecule has 0 saturated heterocycles. The Bertz CT molecular complexity index is 572. The third-order valence-corrected chi connectivity index (χ3v) is 3.01. The monoisotopic (exact) mass is 260 g/mol. The first-order valence-electron chi connectivity index (χ1n) is 5.99. The van der Waals surface area contributed by atoms with Crippen molar-refractivity contribution in [3.63, 3.8) is 0 Å². The smallest absolute Gasteiger partial charge is 0.125 e. The molecule has 0 saturated carbocycles. The minimum absolute atomic E-state index is 0.247. The number of anilines is 2. The Morgan fingerprint density at radius 3 is 2.68 bits per heavy atom. The number of nitrogens with zero attached hydrogens (tertiary/aromatic N) is 1. The molecule has 2 aromatic carbocycles. The molecule has 2 rings (SSSR count). The van der Waals surface area contributed by atoms with Crippen LogP contribution in [0.5, 0.6) is 5.75 Å². The molecule has 0 unspecified atom stereocenters. The van der Waals surface area contributed by atoms with Crippen LogP contribution in [-0.4, -0.2) is 14.2 Å². The van der Waals surface area contributed by atoms with E-state index in [1.165, 1.54) is 12.1 Å². The van der Waals surface area contributed by atoms with Crippen molar-refractivity contribution in [2.75, 3.05) is 24.8 Å². The van der Waals surface area contributed by atoms with Gasteiger partial charge in [-0.05, 0) is 42.0 Å². The van der Waals surface area contributed by atoms with Crippen molar-refractivity contribution in [3.8, 4) is 5.75 Å². The predicted molar refractivity (Wildman–Crippen MR) is 75.9 cm³/mol. The molecule has 0 heterocycles. The highest BCUT2D eigenvalue weighted by Gasteiger charge is 2.07. The summed E-state index contributed by atoms with van der Waals surface area (Å²) in [4.78, 5) is 1.94. The molecule has 0 bridgehead atoms. The zero-order valence-electron chi connectivity index (χ0n) is 11.1. The van der Waals surface area contributed by atoms with Gasteiger partial charge in [0.05, 0.1) is 7.11 Å². The quantitative estimate of drug-likeness (QED) is 0.859. The highest BCUT2D eigenvalue weighted by molar-refractivity contribution is 5.54. The standard InChI is InChI=1S/C15H17FN2O/c1-18(13-5-3-4-12(16)9-13)10-11-8-14(19-2)6-7-15(11)17/h3-9H,10,17H2,1-2H3. The molecule has 0 aliphatic carbocycles. The number of benzene rings is 2. The maximum atomic E-state index is 13.2. The molecule has 0 aliphatic heterocycles. The summed E-state index contributed by atoms with van der Waals surface area (Å²) in [5.74, 6) is 0.514. The lowest BCUT2D eigenvalue weighted by atomic mass is 10.1. The average Bonchev–Trinajstić information content (AvgIpc) is 2.41. The second-order valence-corrected chi connectivity index (χ2v) is 4.40. The third kappa shape index (κ3) is 3.16. The number of nitrogen functional groups attached to an aromatic ring is 1. The predicted octanol–water partition coefficient (Wildman–Crippen LogP) is 3.05. The van der Waals surface area contributed by atoms with Gasteiger partial charge in [-0.25, -0.2) is 4.39 Å². The van der Waals surface area contributed by atoms with Crippen LogP contribution in [0.3, 0.4) is 0 Å². The summed E-state index contributed by atoms with van der Waals surface area (Å²) in [6.45, 7) is 0.590. The first-order chi connectivity index (χ1) is 9.10. The van der Waals surface area contributed by atoms with Gasteiger partial charge in [-0.2, -0.15) is 0 Å². The summed E-state index contributed by atoms with van der Waals surface area (Å²) in [5.41, 5.74) is 8.40. The van der Waals surface area contributed by atoms with E-state index in [1.54, 1.807) is 13.2 Å². The number of hydrogen-bond donors (Lipinski definition) is 1. The molecule has 0 aromatic heterocycles. The molecular formula is C15H17FN2O. The van der Waals surface area contributed by atoms with Crippen LogP contribution >= 0.6 is 0 Å². The lowest BCUT2D eigenvalue weighted by Gasteiger charge is -2.20. The number of hydrogen-bond acceptors (Lipinski definition) is 3. The summed E-state index contributed by atoms with van der Waals surface area (Å²) in [5, 5.41) is 0. The van der Waals surface area contributed by atoms with E-state index in [0.717, 1.165) is 17.0 Å². The molecule has 4 heteroatoms. The Kier molecular flexibility index (Phi) is 3.90. The van der Waals surface area contributed by atoms with Crippen LogP contribution in [0, 0.1) is 5.82 Å². The minimum Gasteiger partial charge on any atom is -0.497 e. The van der Waals surface area contributed by atoms with Gasteiger partial charge in [0, 0.05) is 25.0 Å². The first kappa shape index (κ1) is 13.2. The number of ether oxygens (including phenoxy) is 1. The van der Waals surface area contributed by atoms with E-state index in [9.17, 15) is 4.39 Å². The second-order valence-electron chi connectivity index (χ2n) is 4.40. The second kappa shape index (κ2) is 5.61. The molecule has 0 amide bonds. The zero-order valence-corrected chi connectivity index (χ0v) is 11.1. The van der Waals surface area contributed by atoms with Crippen molar-refractivity contribution in [2.45, 2.75) is 6.54 Å². The number of halogens is 1. The van der Waals surface area contributed by atoms with Crippen LogP contribution in [0.2, 0.25) is 0 Å². The molecule has 0 aliphatic rings. The van der Waals surface area contributed by atoms with E-state index in [2.05, 4.69) is 0 Å². The maximum absolute atomic E-state index is 13.2. The fraction of sp³-hybridized carbons (Fsp3) is 0.200. The first-order valence-corrected chi connectivity index (χ1v) is 5.99. The van der Waals surface area contributed by atoms with Gasteiger partial charge in [0.2, 0.25) is 0 Å². The van der Waals surface area contributed by atoms with Crippen LogP contribution in [0.1, 0.15) is 5.56 Å². The van der Waals surface area contributed by atoms with Gasteiger partial charge >= 0.3 is 0 Å². The molecule has 0 radical (unpaired) electrons. The fourth-order valence-electron chi connectivity index (χ4n) is 1.91. The van der Waals surface area contributed by atoms with E-state index in [-0.39, 0.29) is 5.82 Å². The molecule has 0 atom stereocenters. The van der Waals surface area contributed by atoms with Crippen molar-refractivity contribution in [3.05, 3.63) is 53.8 Å². The van der Waals surface area contributed by atoms with Gasteiger partial charge in [-0.15, -0.1) is 0 Å².